The van der Waals surface area contributed by atoms with Gasteiger partial charge in [0, 0.05) is 25.6 Å². The van der Waals surface area contributed by atoms with Gasteiger partial charge in [-0.1, -0.05) is 12.8 Å². The van der Waals surface area contributed by atoms with Crippen molar-refractivity contribution in [3.8, 4) is 0 Å². The maximum Gasteiger partial charge on any atom is 0.220 e. The number of carbonyl (C=O) groups is 1. The molecule has 0 aromatic carbocycles. The lowest BCUT2D eigenvalue weighted by atomic mass is 9.83. The Morgan fingerprint density at radius 3 is 2.61 bits per heavy atom. The smallest absolute Gasteiger partial charge is 0.220 e. The van der Waals surface area contributed by atoms with Gasteiger partial charge in [-0.2, -0.15) is 0 Å². The molecule has 104 valence electrons. The molecule has 2 atom stereocenters. The molecule has 18 heavy (non-hydrogen) atoms. The monoisotopic (exact) mass is 253 g/mol. The maximum absolute atomic E-state index is 11.8. The molecule has 1 saturated heterocycles. The van der Waals surface area contributed by atoms with Crippen molar-refractivity contribution in [2.45, 2.75) is 51.0 Å². The first-order valence-electron chi connectivity index (χ1n) is 7.50. The summed E-state index contributed by atoms with van der Waals surface area (Å²) < 4.78 is 0. The van der Waals surface area contributed by atoms with Crippen molar-refractivity contribution in [1.29, 1.82) is 0 Å². The lowest BCUT2D eigenvalue weighted by Crippen LogP contribution is -2.39. The molecule has 4 nitrogen and oxygen atoms in total. The third-order valence-corrected chi connectivity index (χ3v) is 4.36. The number of carbonyl (C=O) groups excluding carboxylic acids is 1. The molecular formula is C14H27N3O. The second-order valence-corrected chi connectivity index (χ2v) is 5.81. The van der Waals surface area contributed by atoms with Gasteiger partial charge in [-0.25, -0.2) is 0 Å². The van der Waals surface area contributed by atoms with E-state index in [0.717, 1.165) is 25.9 Å². The minimum atomic E-state index is 0.191. The maximum atomic E-state index is 11.8. The second kappa shape index (κ2) is 7.10. The van der Waals surface area contributed by atoms with E-state index in [-0.39, 0.29) is 11.9 Å². The molecule has 2 rings (SSSR count). The summed E-state index contributed by atoms with van der Waals surface area (Å²) in [5.74, 6) is 0.599. The Kier molecular flexibility index (Phi) is 5.45. The number of amides is 1. The standard InChI is InChI=1S/C14H27N3O/c15-13-6-2-1-5-12(13)11-14(18)16-7-10-17-8-3-4-9-17/h12-13H,1-11,15H2,(H,16,18). The molecule has 0 aromatic rings. The van der Waals surface area contributed by atoms with Crippen LogP contribution in [-0.2, 0) is 4.79 Å². The zero-order valence-corrected chi connectivity index (χ0v) is 11.4. The number of hydrogen-bond donors (Lipinski definition) is 2. The van der Waals surface area contributed by atoms with Gasteiger partial charge in [0.05, 0.1) is 0 Å². The van der Waals surface area contributed by atoms with Crippen LogP contribution in [0, 0.1) is 5.92 Å². The molecule has 0 bridgehead atoms. The molecule has 0 spiro atoms. The van der Waals surface area contributed by atoms with Gasteiger partial charge in [0.15, 0.2) is 0 Å². The summed E-state index contributed by atoms with van der Waals surface area (Å²) in [4.78, 5) is 14.3. The van der Waals surface area contributed by atoms with Gasteiger partial charge >= 0.3 is 0 Å². The first-order chi connectivity index (χ1) is 8.75. The zero-order valence-electron chi connectivity index (χ0n) is 11.4. The molecule has 1 aliphatic heterocycles. The number of nitrogens with two attached hydrogens (primary N) is 1. The Morgan fingerprint density at radius 1 is 1.17 bits per heavy atom. The summed E-state index contributed by atoms with van der Waals surface area (Å²) in [7, 11) is 0. The normalized spacial score (nSPS) is 29.4. The predicted molar refractivity (Wildman–Crippen MR) is 73.2 cm³/mol. The number of nitrogens with zero attached hydrogens (tertiary/aromatic N) is 1. The van der Waals surface area contributed by atoms with Crippen LogP contribution in [0.25, 0.3) is 0 Å². The van der Waals surface area contributed by atoms with Gasteiger partial charge in [0.1, 0.15) is 0 Å². The quantitative estimate of drug-likeness (QED) is 0.771. The average molecular weight is 253 g/mol. The third-order valence-electron chi connectivity index (χ3n) is 4.36. The van der Waals surface area contributed by atoms with E-state index in [1.165, 1.54) is 38.8 Å². The van der Waals surface area contributed by atoms with E-state index in [4.69, 9.17) is 5.73 Å². The van der Waals surface area contributed by atoms with Gasteiger partial charge in [-0.3, -0.25) is 4.79 Å². The van der Waals surface area contributed by atoms with E-state index in [1.807, 2.05) is 0 Å². The lowest BCUT2D eigenvalue weighted by molar-refractivity contribution is -0.122. The van der Waals surface area contributed by atoms with Gasteiger partial charge < -0.3 is 16.0 Å². The van der Waals surface area contributed by atoms with Crippen molar-refractivity contribution in [2.75, 3.05) is 26.2 Å². The Hall–Kier alpha value is -0.610. The van der Waals surface area contributed by atoms with Crippen LogP contribution in [0.1, 0.15) is 44.9 Å². The molecule has 1 amide bonds. The van der Waals surface area contributed by atoms with Crippen LogP contribution >= 0.6 is 0 Å². The highest BCUT2D eigenvalue weighted by molar-refractivity contribution is 5.76. The Balaban J connectivity index is 1.59. The molecule has 2 aliphatic rings. The molecule has 1 heterocycles. The van der Waals surface area contributed by atoms with Gasteiger partial charge in [0.25, 0.3) is 0 Å². The van der Waals surface area contributed by atoms with Crippen molar-refractivity contribution < 1.29 is 4.79 Å². The summed E-state index contributed by atoms with van der Waals surface area (Å²) in [6, 6.07) is 0.239. The number of nitrogens with one attached hydrogen (secondary N) is 1. The van der Waals surface area contributed by atoms with Crippen molar-refractivity contribution in [2.24, 2.45) is 11.7 Å². The van der Waals surface area contributed by atoms with E-state index in [2.05, 4.69) is 10.2 Å². The summed E-state index contributed by atoms with van der Waals surface area (Å²) in [5.41, 5.74) is 6.07. The summed E-state index contributed by atoms with van der Waals surface area (Å²) >= 11 is 0. The Bertz CT molecular complexity index is 264. The molecule has 2 fully saturated rings. The van der Waals surface area contributed by atoms with Crippen LogP contribution in [0.4, 0.5) is 0 Å². The second-order valence-electron chi connectivity index (χ2n) is 5.81. The SMILES string of the molecule is NC1CCCCC1CC(=O)NCCN1CCCC1. The minimum Gasteiger partial charge on any atom is -0.355 e. The van der Waals surface area contributed by atoms with E-state index >= 15 is 0 Å². The summed E-state index contributed by atoms with van der Waals surface area (Å²) in [5, 5.41) is 3.04. The van der Waals surface area contributed by atoms with Gasteiger partial charge in [-0.15, -0.1) is 0 Å². The van der Waals surface area contributed by atoms with Crippen molar-refractivity contribution >= 4 is 5.91 Å². The highest BCUT2D eigenvalue weighted by atomic mass is 16.1. The fraction of sp³-hybridized carbons (Fsp3) is 0.929. The lowest BCUT2D eigenvalue weighted by Gasteiger charge is -2.28. The molecule has 1 aliphatic carbocycles. The first kappa shape index (κ1) is 13.8. The molecule has 3 N–H and O–H groups in total. The van der Waals surface area contributed by atoms with Crippen LogP contribution in [0.15, 0.2) is 0 Å². The Labute approximate surface area is 110 Å². The van der Waals surface area contributed by atoms with Crippen LogP contribution in [0.5, 0.6) is 0 Å². The van der Waals surface area contributed by atoms with E-state index in [9.17, 15) is 4.79 Å². The minimum absolute atomic E-state index is 0.191. The highest BCUT2D eigenvalue weighted by Crippen LogP contribution is 2.25. The van der Waals surface area contributed by atoms with Crippen LogP contribution in [-0.4, -0.2) is 43.0 Å². The fourth-order valence-corrected chi connectivity index (χ4v) is 3.16. The largest absolute Gasteiger partial charge is 0.355 e. The molecule has 1 saturated carbocycles. The highest BCUT2D eigenvalue weighted by Gasteiger charge is 2.24. The summed E-state index contributed by atoms with van der Waals surface area (Å²) in [6.07, 6.45) is 7.93. The Morgan fingerprint density at radius 2 is 1.89 bits per heavy atom. The van der Waals surface area contributed by atoms with Crippen molar-refractivity contribution in [3.05, 3.63) is 0 Å². The van der Waals surface area contributed by atoms with E-state index in [1.54, 1.807) is 0 Å². The van der Waals surface area contributed by atoms with Crippen LogP contribution in [0.2, 0.25) is 0 Å². The fourth-order valence-electron chi connectivity index (χ4n) is 3.16. The van der Waals surface area contributed by atoms with E-state index in [0.29, 0.717) is 12.3 Å². The van der Waals surface area contributed by atoms with Crippen molar-refractivity contribution in [1.82, 2.24) is 10.2 Å². The molecule has 2 unspecified atom stereocenters. The van der Waals surface area contributed by atoms with E-state index < -0.39 is 0 Å². The van der Waals surface area contributed by atoms with Gasteiger partial charge in [-0.05, 0) is 44.7 Å². The number of hydrogen-bond acceptors (Lipinski definition) is 3. The van der Waals surface area contributed by atoms with Crippen LogP contribution in [0.3, 0.4) is 0 Å². The molecular weight excluding hydrogens is 226 g/mol. The zero-order chi connectivity index (χ0) is 12.8. The predicted octanol–water partition coefficient (Wildman–Crippen LogP) is 1.11. The molecule has 0 aromatic heterocycles. The first-order valence-corrected chi connectivity index (χ1v) is 7.50. The number of likely N-dealkylation sites (tertiary alicyclic amines) is 1. The average Bonchev–Trinajstić information content (AvgIpc) is 2.85. The van der Waals surface area contributed by atoms with Gasteiger partial charge in [0.2, 0.25) is 5.91 Å². The topological polar surface area (TPSA) is 58.4 Å². The number of rotatable bonds is 5. The third kappa shape index (κ3) is 4.25. The van der Waals surface area contributed by atoms with Crippen LogP contribution < -0.4 is 11.1 Å². The summed E-state index contributed by atoms with van der Waals surface area (Å²) in [6.45, 7) is 4.19. The molecule has 4 heteroatoms. The van der Waals surface area contributed by atoms with Crippen molar-refractivity contribution in [3.63, 3.8) is 0 Å². The molecule has 0 radical (unpaired) electrons.